The fourth-order valence-electron chi connectivity index (χ4n) is 3.52. The average Bonchev–Trinajstić information content (AvgIpc) is 2.80. The van der Waals surface area contributed by atoms with Crippen LogP contribution < -0.4 is 5.32 Å². The molecule has 0 amide bonds. The molecule has 0 bridgehead atoms. The van der Waals surface area contributed by atoms with Crippen molar-refractivity contribution in [1.82, 2.24) is 5.32 Å². The first kappa shape index (κ1) is 13.1. The third-order valence-corrected chi connectivity index (χ3v) is 4.68. The molecule has 1 saturated carbocycles. The standard InChI is InChI=1S/C16H22FNO/c17-13-6-7-14-11(9-13)5-8-15(14)18-10-12-3-1-2-4-16(12)19/h6-7,9,12,15-16,18-19H,1-5,8,10H2. The molecule has 1 fully saturated rings. The lowest BCUT2D eigenvalue weighted by atomic mass is 9.86. The highest BCUT2D eigenvalue weighted by molar-refractivity contribution is 5.34. The number of aryl methyl sites for hydroxylation is 1. The van der Waals surface area contributed by atoms with Gasteiger partial charge in [0.2, 0.25) is 0 Å². The van der Waals surface area contributed by atoms with Crippen LogP contribution in [0.5, 0.6) is 0 Å². The van der Waals surface area contributed by atoms with Gasteiger partial charge in [0.05, 0.1) is 6.10 Å². The molecule has 2 aliphatic rings. The molecule has 0 saturated heterocycles. The first-order chi connectivity index (χ1) is 9.24. The lowest BCUT2D eigenvalue weighted by Gasteiger charge is -2.29. The summed E-state index contributed by atoms with van der Waals surface area (Å²) in [4.78, 5) is 0. The number of hydrogen-bond acceptors (Lipinski definition) is 2. The minimum Gasteiger partial charge on any atom is -0.393 e. The van der Waals surface area contributed by atoms with Crippen LogP contribution in [0.1, 0.15) is 49.3 Å². The molecule has 1 aromatic carbocycles. The second kappa shape index (κ2) is 5.59. The topological polar surface area (TPSA) is 32.3 Å². The lowest BCUT2D eigenvalue weighted by molar-refractivity contribution is 0.0681. The van der Waals surface area contributed by atoms with Crippen molar-refractivity contribution < 1.29 is 9.50 Å². The molecule has 2 aliphatic carbocycles. The van der Waals surface area contributed by atoms with Crippen LogP contribution in [-0.4, -0.2) is 17.8 Å². The van der Waals surface area contributed by atoms with Crippen molar-refractivity contribution in [3.63, 3.8) is 0 Å². The number of aliphatic hydroxyl groups is 1. The van der Waals surface area contributed by atoms with E-state index in [1.165, 1.54) is 12.0 Å². The van der Waals surface area contributed by atoms with Crippen molar-refractivity contribution in [2.75, 3.05) is 6.54 Å². The van der Waals surface area contributed by atoms with Crippen molar-refractivity contribution >= 4 is 0 Å². The van der Waals surface area contributed by atoms with Gasteiger partial charge >= 0.3 is 0 Å². The third kappa shape index (κ3) is 2.82. The highest BCUT2D eigenvalue weighted by Gasteiger charge is 2.26. The molecule has 19 heavy (non-hydrogen) atoms. The molecule has 0 aromatic heterocycles. The molecule has 2 N–H and O–H groups in total. The Hall–Kier alpha value is -0.930. The summed E-state index contributed by atoms with van der Waals surface area (Å²) >= 11 is 0. The van der Waals surface area contributed by atoms with Gasteiger partial charge < -0.3 is 10.4 Å². The summed E-state index contributed by atoms with van der Waals surface area (Å²) in [6, 6.07) is 5.46. The number of aliphatic hydroxyl groups excluding tert-OH is 1. The van der Waals surface area contributed by atoms with E-state index in [9.17, 15) is 9.50 Å². The first-order valence-corrected chi connectivity index (χ1v) is 7.44. The van der Waals surface area contributed by atoms with Gasteiger partial charge in [0, 0.05) is 12.6 Å². The minimum absolute atomic E-state index is 0.137. The maximum absolute atomic E-state index is 13.2. The normalized spacial score (nSPS) is 30.3. The first-order valence-electron chi connectivity index (χ1n) is 7.44. The molecule has 0 radical (unpaired) electrons. The van der Waals surface area contributed by atoms with Gasteiger partial charge in [-0.05, 0) is 54.9 Å². The highest BCUT2D eigenvalue weighted by atomic mass is 19.1. The maximum Gasteiger partial charge on any atom is 0.123 e. The Bertz CT molecular complexity index is 448. The molecule has 3 heteroatoms. The molecule has 0 spiro atoms. The summed E-state index contributed by atoms with van der Waals surface area (Å²) in [5.41, 5.74) is 2.38. The van der Waals surface area contributed by atoms with Gasteiger partial charge in [-0.1, -0.05) is 18.9 Å². The summed E-state index contributed by atoms with van der Waals surface area (Å²) in [5.74, 6) is 0.250. The van der Waals surface area contributed by atoms with E-state index in [-0.39, 0.29) is 11.9 Å². The van der Waals surface area contributed by atoms with Crippen LogP contribution in [0, 0.1) is 11.7 Å². The van der Waals surface area contributed by atoms with E-state index in [1.807, 2.05) is 6.07 Å². The summed E-state index contributed by atoms with van der Waals surface area (Å²) < 4.78 is 13.2. The smallest absolute Gasteiger partial charge is 0.123 e. The van der Waals surface area contributed by atoms with Crippen molar-refractivity contribution in [3.8, 4) is 0 Å². The van der Waals surface area contributed by atoms with E-state index in [1.54, 1.807) is 12.1 Å². The molecule has 3 rings (SSSR count). The Morgan fingerprint density at radius 2 is 2.05 bits per heavy atom. The van der Waals surface area contributed by atoms with Crippen LogP contribution in [0.15, 0.2) is 18.2 Å². The molecule has 0 aliphatic heterocycles. The van der Waals surface area contributed by atoms with Gasteiger partial charge in [0.25, 0.3) is 0 Å². The third-order valence-electron chi connectivity index (χ3n) is 4.68. The fraction of sp³-hybridized carbons (Fsp3) is 0.625. The molecule has 0 heterocycles. The monoisotopic (exact) mass is 263 g/mol. The van der Waals surface area contributed by atoms with Crippen LogP contribution in [0.4, 0.5) is 4.39 Å². The predicted molar refractivity (Wildman–Crippen MR) is 73.4 cm³/mol. The molecular weight excluding hydrogens is 241 g/mol. The zero-order valence-corrected chi connectivity index (χ0v) is 11.2. The van der Waals surface area contributed by atoms with E-state index in [4.69, 9.17) is 0 Å². The van der Waals surface area contributed by atoms with Gasteiger partial charge in [0.1, 0.15) is 5.82 Å². The number of halogens is 1. The fourth-order valence-corrected chi connectivity index (χ4v) is 3.52. The summed E-state index contributed by atoms with van der Waals surface area (Å²) in [6.07, 6.45) is 6.31. The van der Waals surface area contributed by atoms with E-state index in [2.05, 4.69) is 5.32 Å². The quantitative estimate of drug-likeness (QED) is 0.878. The van der Waals surface area contributed by atoms with Crippen LogP contribution in [-0.2, 0) is 6.42 Å². The molecule has 1 aromatic rings. The number of rotatable bonds is 3. The van der Waals surface area contributed by atoms with Gasteiger partial charge in [-0.3, -0.25) is 0 Å². The van der Waals surface area contributed by atoms with Crippen LogP contribution in [0.25, 0.3) is 0 Å². The van der Waals surface area contributed by atoms with Gasteiger partial charge in [-0.25, -0.2) is 4.39 Å². The van der Waals surface area contributed by atoms with Crippen LogP contribution in [0.2, 0.25) is 0 Å². The SMILES string of the molecule is OC1CCCCC1CNC1CCc2cc(F)ccc21. The predicted octanol–water partition coefficient (Wildman–Crippen LogP) is 2.95. The van der Waals surface area contributed by atoms with Crippen LogP contribution >= 0.6 is 0 Å². The number of hydrogen-bond donors (Lipinski definition) is 2. The molecule has 2 nitrogen and oxygen atoms in total. The van der Waals surface area contributed by atoms with Gasteiger partial charge in [-0.2, -0.15) is 0 Å². The summed E-state index contributed by atoms with van der Waals surface area (Å²) in [5, 5.41) is 13.6. The van der Waals surface area contributed by atoms with Crippen molar-refractivity contribution in [2.24, 2.45) is 5.92 Å². The number of nitrogens with one attached hydrogen (secondary N) is 1. The zero-order chi connectivity index (χ0) is 13.2. The second-order valence-electron chi connectivity index (χ2n) is 5.95. The minimum atomic E-state index is -0.143. The summed E-state index contributed by atoms with van der Waals surface area (Å²) in [7, 11) is 0. The molecule has 3 unspecified atom stereocenters. The zero-order valence-electron chi connectivity index (χ0n) is 11.2. The molecule has 104 valence electrons. The Morgan fingerprint density at radius 3 is 2.89 bits per heavy atom. The van der Waals surface area contributed by atoms with Crippen molar-refractivity contribution in [3.05, 3.63) is 35.1 Å². The second-order valence-corrected chi connectivity index (χ2v) is 5.95. The van der Waals surface area contributed by atoms with Gasteiger partial charge in [-0.15, -0.1) is 0 Å². The lowest BCUT2D eigenvalue weighted by Crippen LogP contribution is -2.35. The van der Waals surface area contributed by atoms with E-state index < -0.39 is 0 Å². The van der Waals surface area contributed by atoms with E-state index in [0.717, 1.165) is 44.2 Å². The Kier molecular flexibility index (Phi) is 3.85. The average molecular weight is 263 g/mol. The van der Waals surface area contributed by atoms with Crippen LogP contribution in [0.3, 0.4) is 0 Å². The largest absolute Gasteiger partial charge is 0.393 e. The Balaban J connectivity index is 1.60. The molecule has 3 atom stereocenters. The van der Waals surface area contributed by atoms with E-state index in [0.29, 0.717) is 12.0 Å². The summed E-state index contributed by atoms with van der Waals surface area (Å²) in [6.45, 7) is 0.878. The van der Waals surface area contributed by atoms with E-state index >= 15 is 0 Å². The maximum atomic E-state index is 13.2. The number of fused-ring (bicyclic) bond motifs is 1. The van der Waals surface area contributed by atoms with Gasteiger partial charge in [0.15, 0.2) is 0 Å². The Labute approximate surface area is 114 Å². The highest BCUT2D eigenvalue weighted by Crippen LogP contribution is 2.32. The Morgan fingerprint density at radius 1 is 1.21 bits per heavy atom. The number of benzene rings is 1. The van der Waals surface area contributed by atoms with Crippen molar-refractivity contribution in [1.29, 1.82) is 0 Å². The molecular formula is C16H22FNO. The van der Waals surface area contributed by atoms with Crippen molar-refractivity contribution in [2.45, 2.75) is 50.7 Å².